The maximum atomic E-state index is 11.9. The molecule has 3 nitrogen and oxygen atoms in total. The van der Waals surface area contributed by atoms with Gasteiger partial charge in [0.05, 0.1) is 5.92 Å². The number of likely N-dealkylation sites (tertiary alicyclic amines) is 1. The van der Waals surface area contributed by atoms with Gasteiger partial charge in [0.25, 0.3) is 0 Å². The lowest BCUT2D eigenvalue weighted by Gasteiger charge is -2.22. The first-order valence-corrected chi connectivity index (χ1v) is 5.16. The maximum Gasteiger partial charge on any atom is 0.227 e. The maximum absolute atomic E-state index is 11.9. The number of nitrogens with zero attached hydrogens (tertiary/aromatic N) is 2. The zero-order valence-corrected chi connectivity index (χ0v) is 8.92. The molecule has 3 heteroatoms. The second-order valence-corrected chi connectivity index (χ2v) is 3.76. The molecule has 0 aromatic heterocycles. The molecule has 1 amide bonds. The van der Waals surface area contributed by atoms with E-state index in [1.54, 1.807) is 0 Å². The number of hydrogen-bond donors (Lipinski definition) is 0. The summed E-state index contributed by atoms with van der Waals surface area (Å²) in [4.78, 5) is 16.0. The molecule has 0 aliphatic carbocycles. The van der Waals surface area contributed by atoms with Crippen LogP contribution >= 0.6 is 0 Å². The summed E-state index contributed by atoms with van der Waals surface area (Å²) in [6.07, 6.45) is 1.03. The highest BCUT2D eigenvalue weighted by Crippen LogP contribution is 2.16. The summed E-state index contributed by atoms with van der Waals surface area (Å²) in [6, 6.07) is 0. The van der Waals surface area contributed by atoms with Gasteiger partial charge in [-0.3, -0.25) is 4.79 Å². The highest BCUT2D eigenvalue weighted by molar-refractivity contribution is 5.79. The Morgan fingerprint density at radius 3 is 2.46 bits per heavy atom. The predicted octanol–water partition coefficient (Wildman–Crippen LogP) is 0.806. The third kappa shape index (κ3) is 2.44. The minimum absolute atomic E-state index is 0.255. The Kier molecular flexibility index (Phi) is 3.72. The van der Waals surface area contributed by atoms with Gasteiger partial charge in [-0.1, -0.05) is 0 Å². The van der Waals surface area contributed by atoms with E-state index in [1.165, 1.54) is 0 Å². The monoisotopic (exact) mass is 184 g/mol. The first kappa shape index (κ1) is 10.5. The van der Waals surface area contributed by atoms with Gasteiger partial charge >= 0.3 is 0 Å². The number of hydrogen-bond acceptors (Lipinski definition) is 2. The largest absolute Gasteiger partial charge is 0.343 e. The zero-order chi connectivity index (χ0) is 9.84. The molecular formula is C10H20N2O. The van der Waals surface area contributed by atoms with Gasteiger partial charge in [-0.15, -0.1) is 0 Å². The average Bonchev–Trinajstić information content (AvgIpc) is 2.54. The fourth-order valence-corrected chi connectivity index (χ4v) is 1.93. The third-order valence-corrected chi connectivity index (χ3v) is 2.82. The molecule has 1 heterocycles. The smallest absolute Gasteiger partial charge is 0.227 e. The fraction of sp³-hybridized carbons (Fsp3) is 0.900. The third-order valence-electron chi connectivity index (χ3n) is 2.82. The van der Waals surface area contributed by atoms with Crippen molar-refractivity contribution in [1.29, 1.82) is 0 Å². The van der Waals surface area contributed by atoms with Crippen LogP contribution in [0.2, 0.25) is 0 Å². The van der Waals surface area contributed by atoms with E-state index in [0.29, 0.717) is 5.91 Å². The van der Waals surface area contributed by atoms with Crippen molar-refractivity contribution in [3.05, 3.63) is 0 Å². The molecule has 1 unspecified atom stereocenters. The molecule has 0 bridgehead atoms. The molecule has 0 spiro atoms. The van der Waals surface area contributed by atoms with E-state index in [1.807, 2.05) is 18.7 Å². The van der Waals surface area contributed by atoms with Crippen LogP contribution < -0.4 is 0 Å². The molecule has 13 heavy (non-hydrogen) atoms. The Labute approximate surface area is 80.7 Å². The topological polar surface area (TPSA) is 23.6 Å². The zero-order valence-electron chi connectivity index (χ0n) is 8.92. The summed E-state index contributed by atoms with van der Waals surface area (Å²) in [7, 11) is 2.08. The van der Waals surface area contributed by atoms with Gasteiger partial charge in [0.15, 0.2) is 0 Å². The van der Waals surface area contributed by atoms with Crippen LogP contribution in [0.1, 0.15) is 20.3 Å². The van der Waals surface area contributed by atoms with Crippen molar-refractivity contribution in [1.82, 2.24) is 9.80 Å². The first-order chi connectivity index (χ1) is 6.19. The van der Waals surface area contributed by atoms with Crippen molar-refractivity contribution >= 4 is 5.91 Å². The number of carbonyl (C=O) groups is 1. The molecule has 0 N–H and O–H groups in total. The van der Waals surface area contributed by atoms with E-state index < -0.39 is 0 Å². The van der Waals surface area contributed by atoms with E-state index in [-0.39, 0.29) is 5.92 Å². The minimum atomic E-state index is 0.255. The molecule has 0 saturated carbocycles. The van der Waals surface area contributed by atoms with Crippen LogP contribution in [0, 0.1) is 5.92 Å². The average molecular weight is 184 g/mol. The van der Waals surface area contributed by atoms with Gasteiger partial charge in [0.1, 0.15) is 0 Å². The summed E-state index contributed by atoms with van der Waals surface area (Å²) < 4.78 is 0. The molecule has 1 aliphatic heterocycles. The standard InChI is InChI=1S/C10H20N2O/c1-4-12(5-2)10(13)9-6-7-11(3)8-9/h9H,4-8H2,1-3H3. The summed E-state index contributed by atoms with van der Waals surface area (Å²) in [5.74, 6) is 0.597. The van der Waals surface area contributed by atoms with Crippen LogP contribution in [-0.4, -0.2) is 48.9 Å². The van der Waals surface area contributed by atoms with E-state index in [2.05, 4.69) is 11.9 Å². The van der Waals surface area contributed by atoms with Gasteiger partial charge in [-0.05, 0) is 33.9 Å². The molecule has 76 valence electrons. The van der Waals surface area contributed by atoms with Crippen molar-refractivity contribution in [2.24, 2.45) is 5.92 Å². The summed E-state index contributed by atoms with van der Waals surface area (Å²) >= 11 is 0. The van der Waals surface area contributed by atoms with Gasteiger partial charge in [0.2, 0.25) is 5.91 Å². The molecule has 0 aromatic carbocycles. The molecular weight excluding hydrogens is 164 g/mol. The van der Waals surface area contributed by atoms with Crippen molar-refractivity contribution in [3.63, 3.8) is 0 Å². The lowest BCUT2D eigenvalue weighted by atomic mass is 10.1. The van der Waals surface area contributed by atoms with Gasteiger partial charge in [-0.25, -0.2) is 0 Å². The van der Waals surface area contributed by atoms with Crippen LogP contribution in [0.5, 0.6) is 0 Å². The normalized spacial score (nSPS) is 23.5. The Hall–Kier alpha value is -0.570. The van der Waals surface area contributed by atoms with Crippen LogP contribution in [0.25, 0.3) is 0 Å². The van der Waals surface area contributed by atoms with Gasteiger partial charge in [-0.2, -0.15) is 0 Å². The Balaban J connectivity index is 2.47. The minimum Gasteiger partial charge on any atom is -0.343 e. The van der Waals surface area contributed by atoms with Crippen LogP contribution in [0.15, 0.2) is 0 Å². The Morgan fingerprint density at radius 1 is 1.46 bits per heavy atom. The summed E-state index contributed by atoms with van der Waals surface area (Å²) in [6.45, 7) is 7.78. The number of carbonyl (C=O) groups excluding carboxylic acids is 1. The second-order valence-electron chi connectivity index (χ2n) is 3.76. The molecule has 1 atom stereocenters. The number of rotatable bonds is 3. The van der Waals surface area contributed by atoms with Crippen LogP contribution in [0.4, 0.5) is 0 Å². The summed E-state index contributed by atoms with van der Waals surface area (Å²) in [5, 5.41) is 0. The van der Waals surface area contributed by atoms with Crippen molar-refractivity contribution in [2.45, 2.75) is 20.3 Å². The lowest BCUT2D eigenvalue weighted by molar-refractivity contribution is -0.134. The first-order valence-electron chi connectivity index (χ1n) is 5.16. The molecule has 1 rings (SSSR count). The highest BCUT2D eigenvalue weighted by atomic mass is 16.2. The molecule has 0 aromatic rings. The van der Waals surface area contributed by atoms with Crippen LogP contribution in [-0.2, 0) is 4.79 Å². The molecule has 1 saturated heterocycles. The molecule has 0 radical (unpaired) electrons. The van der Waals surface area contributed by atoms with Crippen molar-refractivity contribution < 1.29 is 4.79 Å². The van der Waals surface area contributed by atoms with Crippen molar-refractivity contribution in [3.8, 4) is 0 Å². The van der Waals surface area contributed by atoms with Crippen molar-refractivity contribution in [2.75, 3.05) is 33.2 Å². The van der Waals surface area contributed by atoms with E-state index in [4.69, 9.17) is 0 Å². The van der Waals surface area contributed by atoms with E-state index >= 15 is 0 Å². The van der Waals surface area contributed by atoms with E-state index in [9.17, 15) is 4.79 Å². The Morgan fingerprint density at radius 2 is 2.08 bits per heavy atom. The number of amides is 1. The van der Waals surface area contributed by atoms with Crippen LogP contribution in [0.3, 0.4) is 0 Å². The quantitative estimate of drug-likeness (QED) is 0.648. The SMILES string of the molecule is CCN(CC)C(=O)C1CCN(C)C1. The summed E-state index contributed by atoms with van der Waals surface area (Å²) in [5.41, 5.74) is 0. The molecule has 1 aliphatic rings. The Bertz CT molecular complexity index is 178. The van der Waals surface area contributed by atoms with Gasteiger partial charge < -0.3 is 9.80 Å². The van der Waals surface area contributed by atoms with E-state index in [0.717, 1.165) is 32.6 Å². The highest BCUT2D eigenvalue weighted by Gasteiger charge is 2.28. The molecule has 1 fully saturated rings. The predicted molar refractivity (Wildman–Crippen MR) is 53.5 cm³/mol. The lowest BCUT2D eigenvalue weighted by Crippen LogP contribution is -2.36. The van der Waals surface area contributed by atoms with Gasteiger partial charge in [0, 0.05) is 19.6 Å². The fourth-order valence-electron chi connectivity index (χ4n) is 1.93. The second kappa shape index (κ2) is 4.61.